The summed E-state index contributed by atoms with van der Waals surface area (Å²) in [5, 5.41) is 0. The second-order valence-corrected chi connectivity index (χ2v) is 9.58. The number of carbonyl (C=O) groups is 1. The maximum Gasteiger partial charge on any atom is 0.494 e. The summed E-state index contributed by atoms with van der Waals surface area (Å²) in [6.45, 7) is 8.31. The van der Waals surface area contributed by atoms with Crippen LogP contribution in [0.15, 0.2) is 48.5 Å². The average molecular weight is 389 g/mol. The van der Waals surface area contributed by atoms with Gasteiger partial charge in [0.25, 0.3) is 5.91 Å². The van der Waals surface area contributed by atoms with Crippen molar-refractivity contribution in [2.75, 3.05) is 0 Å². The fraction of sp³-hybridized carbons (Fsp3) is 0.458. The zero-order valence-corrected chi connectivity index (χ0v) is 17.6. The highest BCUT2D eigenvalue weighted by Gasteiger charge is 2.52. The van der Waals surface area contributed by atoms with Gasteiger partial charge in [-0.1, -0.05) is 36.4 Å². The summed E-state index contributed by atoms with van der Waals surface area (Å²) in [5.41, 5.74) is 3.71. The zero-order chi connectivity index (χ0) is 20.4. The minimum Gasteiger partial charge on any atom is -0.399 e. The molecule has 5 heteroatoms. The third kappa shape index (κ3) is 2.94. The van der Waals surface area contributed by atoms with E-state index in [4.69, 9.17) is 9.31 Å². The van der Waals surface area contributed by atoms with E-state index in [1.165, 1.54) is 11.1 Å². The number of hydrogen-bond acceptors (Lipinski definition) is 3. The lowest BCUT2D eigenvalue weighted by atomic mass is 9.76. The minimum absolute atomic E-state index is 0.138. The Labute approximate surface area is 173 Å². The van der Waals surface area contributed by atoms with E-state index in [2.05, 4.69) is 50.8 Å². The van der Waals surface area contributed by atoms with Gasteiger partial charge in [-0.15, -0.1) is 0 Å². The van der Waals surface area contributed by atoms with E-state index < -0.39 is 0 Å². The number of rotatable bonds is 2. The first kappa shape index (κ1) is 18.9. The first-order valence-electron chi connectivity index (χ1n) is 10.6. The van der Waals surface area contributed by atoms with E-state index in [0.29, 0.717) is 6.04 Å². The molecule has 3 aliphatic rings. The van der Waals surface area contributed by atoms with Crippen LogP contribution in [0.25, 0.3) is 0 Å². The van der Waals surface area contributed by atoms with Crippen molar-refractivity contribution in [3.05, 3.63) is 65.2 Å². The zero-order valence-electron chi connectivity index (χ0n) is 17.6. The number of fused-ring (bicyclic) bond motifs is 4. The molecule has 2 aromatic rings. The smallest absolute Gasteiger partial charge is 0.399 e. The van der Waals surface area contributed by atoms with Crippen LogP contribution in [0.2, 0.25) is 0 Å². The fourth-order valence-electron chi connectivity index (χ4n) is 4.91. The molecule has 29 heavy (non-hydrogen) atoms. The molecular formula is C24H28BNO3. The van der Waals surface area contributed by atoms with E-state index in [1.54, 1.807) is 0 Å². The second kappa shape index (κ2) is 6.45. The summed E-state index contributed by atoms with van der Waals surface area (Å²) in [5.74, 6) is 0.143. The summed E-state index contributed by atoms with van der Waals surface area (Å²) in [6, 6.07) is 16.6. The summed E-state index contributed by atoms with van der Waals surface area (Å²) in [7, 11) is -0.372. The summed E-state index contributed by atoms with van der Waals surface area (Å²) in [4.78, 5) is 15.4. The highest BCUT2D eigenvalue weighted by Crippen LogP contribution is 2.44. The van der Waals surface area contributed by atoms with Gasteiger partial charge in [0.05, 0.1) is 17.2 Å². The van der Waals surface area contributed by atoms with Crippen LogP contribution in [0.4, 0.5) is 0 Å². The van der Waals surface area contributed by atoms with Gasteiger partial charge in [0.2, 0.25) is 0 Å². The Bertz CT molecular complexity index is 940. The van der Waals surface area contributed by atoms with Crippen LogP contribution in [0.5, 0.6) is 0 Å². The van der Waals surface area contributed by atoms with Crippen molar-refractivity contribution < 1.29 is 14.1 Å². The largest absolute Gasteiger partial charge is 0.494 e. The number of benzene rings is 2. The first-order valence-corrected chi connectivity index (χ1v) is 10.6. The lowest BCUT2D eigenvalue weighted by Crippen LogP contribution is -2.43. The Hall–Kier alpha value is -2.11. The molecule has 4 nitrogen and oxygen atoms in total. The topological polar surface area (TPSA) is 38.8 Å². The SMILES string of the molecule is CC1(C)OB(c2ccc3c(c2)C2CCC(C3)N2C(=O)c2ccccc2)OC1(C)C. The molecule has 0 aromatic heterocycles. The average Bonchev–Trinajstić information content (AvgIpc) is 3.13. The van der Waals surface area contributed by atoms with E-state index in [1.807, 2.05) is 30.3 Å². The van der Waals surface area contributed by atoms with Crippen LogP contribution in [-0.4, -0.2) is 35.2 Å². The lowest BCUT2D eigenvalue weighted by Gasteiger charge is -2.37. The molecule has 2 atom stereocenters. The van der Waals surface area contributed by atoms with Gasteiger partial charge in [0.15, 0.2) is 0 Å². The minimum atomic E-state index is -0.372. The van der Waals surface area contributed by atoms with Gasteiger partial charge >= 0.3 is 7.12 Å². The normalized spacial score (nSPS) is 26.5. The molecule has 0 aliphatic carbocycles. The number of amides is 1. The molecule has 2 aromatic carbocycles. The van der Waals surface area contributed by atoms with Gasteiger partial charge in [-0.05, 0) is 75.7 Å². The Morgan fingerprint density at radius 2 is 1.69 bits per heavy atom. The summed E-state index contributed by atoms with van der Waals surface area (Å²) in [6.07, 6.45) is 3.00. The molecule has 0 radical (unpaired) electrons. The predicted octanol–water partition coefficient (Wildman–Crippen LogP) is 3.89. The Morgan fingerprint density at radius 3 is 2.38 bits per heavy atom. The number of carbonyl (C=O) groups excluding carboxylic acids is 1. The van der Waals surface area contributed by atoms with Gasteiger partial charge in [0.1, 0.15) is 0 Å². The quantitative estimate of drug-likeness (QED) is 0.732. The standard InChI is InChI=1S/C24H28BNO3/c1-23(2)24(3,4)29-25(28-23)18-11-10-17-14-19-12-13-21(20(17)15-18)26(19)22(27)16-8-6-5-7-9-16/h5-11,15,19,21H,12-14H2,1-4H3. The summed E-state index contributed by atoms with van der Waals surface area (Å²) < 4.78 is 12.5. The van der Waals surface area contributed by atoms with E-state index >= 15 is 0 Å². The molecule has 3 heterocycles. The van der Waals surface area contributed by atoms with Crippen molar-refractivity contribution in [2.24, 2.45) is 0 Å². The molecule has 2 bridgehead atoms. The maximum absolute atomic E-state index is 13.3. The van der Waals surface area contributed by atoms with E-state index in [-0.39, 0.29) is 30.3 Å². The second-order valence-electron chi connectivity index (χ2n) is 9.58. The Kier molecular flexibility index (Phi) is 4.20. The highest BCUT2D eigenvalue weighted by molar-refractivity contribution is 6.62. The summed E-state index contributed by atoms with van der Waals surface area (Å²) >= 11 is 0. The fourth-order valence-corrected chi connectivity index (χ4v) is 4.91. The van der Waals surface area contributed by atoms with Crippen LogP contribution in [0.1, 0.15) is 68.1 Å². The maximum atomic E-state index is 13.3. The number of hydrogen-bond donors (Lipinski definition) is 0. The van der Waals surface area contributed by atoms with Gasteiger partial charge < -0.3 is 14.2 Å². The molecule has 0 spiro atoms. The van der Waals surface area contributed by atoms with Crippen LogP contribution >= 0.6 is 0 Å². The van der Waals surface area contributed by atoms with Crippen molar-refractivity contribution in [1.82, 2.24) is 4.90 Å². The number of nitrogens with zero attached hydrogens (tertiary/aromatic N) is 1. The van der Waals surface area contributed by atoms with Crippen molar-refractivity contribution in [1.29, 1.82) is 0 Å². The molecule has 3 aliphatic heterocycles. The Balaban J connectivity index is 1.47. The molecule has 0 N–H and O–H groups in total. The van der Waals surface area contributed by atoms with E-state index in [9.17, 15) is 4.79 Å². The van der Waals surface area contributed by atoms with E-state index in [0.717, 1.165) is 30.3 Å². The molecule has 2 fully saturated rings. The van der Waals surface area contributed by atoms with Crippen LogP contribution in [-0.2, 0) is 15.7 Å². The molecular weight excluding hydrogens is 361 g/mol. The molecule has 2 saturated heterocycles. The van der Waals surface area contributed by atoms with Crippen molar-refractivity contribution in [3.8, 4) is 0 Å². The molecule has 2 unspecified atom stereocenters. The van der Waals surface area contributed by atoms with Gasteiger partial charge in [-0.3, -0.25) is 4.79 Å². The molecule has 5 rings (SSSR count). The van der Waals surface area contributed by atoms with Gasteiger partial charge in [-0.2, -0.15) is 0 Å². The monoisotopic (exact) mass is 389 g/mol. The van der Waals surface area contributed by atoms with Gasteiger partial charge in [0, 0.05) is 11.6 Å². The van der Waals surface area contributed by atoms with Crippen molar-refractivity contribution >= 4 is 18.5 Å². The van der Waals surface area contributed by atoms with Crippen molar-refractivity contribution in [2.45, 2.75) is 70.2 Å². The van der Waals surface area contributed by atoms with Crippen LogP contribution in [0, 0.1) is 0 Å². The van der Waals surface area contributed by atoms with Crippen LogP contribution in [0.3, 0.4) is 0 Å². The third-order valence-electron chi connectivity index (χ3n) is 7.27. The Morgan fingerprint density at radius 1 is 1.00 bits per heavy atom. The lowest BCUT2D eigenvalue weighted by molar-refractivity contribution is 0.00578. The highest BCUT2D eigenvalue weighted by atomic mass is 16.7. The molecule has 1 amide bonds. The first-order chi connectivity index (χ1) is 13.8. The van der Waals surface area contributed by atoms with Gasteiger partial charge in [-0.25, -0.2) is 0 Å². The molecule has 150 valence electrons. The third-order valence-corrected chi connectivity index (χ3v) is 7.27. The van der Waals surface area contributed by atoms with Crippen LogP contribution < -0.4 is 5.46 Å². The van der Waals surface area contributed by atoms with Crippen molar-refractivity contribution in [3.63, 3.8) is 0 Å². The predicted molar refractivity (Wildman–Crippen MR) is 114 cm³/mol. The molecule has 0 saturated carbocycles.